The molecule has 0 unspecified atom stereocenters. The number of rotatable bonds is 5. The second-order valence-corrected chi connectivity index (χ2v) is 9.36. The maximum absolute atomic E-state index is 13.0. The lowest BCUT2D eigenvalue weighted by molar-refractivity contribution is 0.164. The van der Waals surface area contributed by atoms with Gasteiger partial charge in [0.15, 0.2) is 0 Å². The molecule has 0 saturated heterocycles. The summed E-state index contributed by atoms with van der Waals surface area (Å²) in [5, 5.41) is 0.461. The molecule has 1 aliphatic rings. The summed E-state index contributed by atoms with van der Waals surface area (Å²) in [6, 6.07) is 6.40. The van der Waals surface area contributed by atoms with Gasteiger partial charge in [0.2, 0.25) is 0 Å². The second kappa shape index (κ2) is 7.99. The van der Waals surface area contributed by atoms with Gasteiger partial charge in [-0.25, -0.2) is 8.42 Å². The van der Waals surface area contributed by atoms with Crippen LogP contribution < -0.4 is 14.2 Å². The van der Waals surface area contributed by atoms with Gasteiger partial charge >= 0.3 is 0 Å². The number of hydrogen-bond acceptors (Lipinski definition) is 5. The Bertz CT molecular complexity index is 1010. The van der Waals surface area contributed by atoms with E-state index < -0.39 is 10.0 Å². The van der Waals surface area contributed by atoms with E-state index >= 15 is 0 Å². The highest BCUT2D eigenvalue weighted by atomic mass is 35.5. The van der Waals surface area contributed by atoms with Crippen molar-refractivity contribution in [3.05, 3.63) is 45.4 Å². The number of sulfonamides is 1. The van der Waals surface area contributed by atoms with Gasteiger partial charge in [-0.2, -0.15) is 0 Å². The van der Waals surface area contributed by atoms with Gasteiger partial charge in [-0.3, -0.25) is 4.72 Å². The van der Waals surface area contributed by atoms with Crippen LogP contribution in [0.25, 0.3) is 0 Å². The molecule has 2 aromatic rings. The first-order valence-electron chi connectivity index (χ1n) is 8.61. The van der Waals surface area contributed by atoms with Gasteiger partial charge in [0.25, 0.3) is 10.0 Å². The zero-order chi connectivity index (χ0) is 20.6. The minimum atomic E-state index is -3.94. The van der Waals surface area contributed by atoms with Gasteiger partial charge in [0.1, 0.15) is 23.0 Å². The van der Waals surface area contributed by atoms with E-state index in [0.717, 1.165) is 5.56 Å². The van der Waals surface area contributed by atoms with Crippen LogP contribution in [0.2, 0.25) is 10.0 Å². The van der Waals surface area contributed by atoms with Crippen LogP contribution in [0.15, 0.2) is 29.2 Å². The van der Waals surface area contributed by atoms with Gasteiger partial charge in [-0.15, -0.1) is 0 Å². The van der Waals surface area contributed by atoms with Crippen LogP contribution in [0, 0.1) is 6.92 Å². The summed E-state index contributed by atoms with van der Waals surface area (Å²) in [5.74, 6) is 1.13. The Morgan fingerprint density at radius 2 is 1.93 bits per heavy atom. The smallest absolute Gasteiger partial charge is 0.263 e. The van der Waals surface area contributed by atoms with E-state index in [0.29, 0.717) is 40.8 Å². The van der Waals surface area contributed by atoms with E-state index in [2.05, 4.69) is 9.62 Å². The molecule has 28 heavy (non-hydrogen) atoms. The number of halogens is 2. The first kappa shape index (κ1) is 21.0. The highest BCUT2D eigenvalue weighted by Gasteiger charge is 2.29. The van der Waals surface area contributed by atoms with Crippen LogP contribution in [0.5, 0.6) is 11.5 Å². The number of benzene rings is 2. The first-order chi connectivity index (χ1) is 13.1. The second-order valence-electron chi connectivity index (χ2n) is 6.89. The van der Waals surface area contributed by atoms with Crippen molar-refractivity contribution in [2.24, 2.45) is 0 Å². The molecule has 0 spiro atoms. The van der Waals surface area contributed by atoms with E-state index in [1.165, 1.54) is 12.1 Å². The Morgan fingerprint density at radius 1 is 1.21 bits per heavy atom. The average molecular weight is 445 g/mol. The van der Waals surface area contributed by atoms with Gasteiger partial charge in [-0.1, -0.05) is 23.2 Å². The zero-order valence-corrected chi connectivity index (χ0v) is 18.4. The van der Waals surface area contributed by atoms with Crippen molar-refractivity contribution in [2.45, 2.75) is 24.3 Å². The Hall–Kier alpha value is -1.67. The SMILES string of the molecule is COc1ccc(NS(=O)(=O)c2cc(C)c(Cl)cc2Cl)c2c1C[C@@H](N(C)C)CO2. The maximum atomic E-state index is 13.0. The molecule has 3 rings (SSSR count). The molecule has 0 aliphatic carbocycles. The highest BCUT2D eigenvalue weighted by Crippen LogP contribution is 2.41. The molecule has 0 amide bonds. The van der Waals surface area contributed by atoms with Crippen molar-refractivity contribution in [2.75, 3.05) is 32.5 Å². The van der Waals surface area contributed by atoms with E-state index in [4.69, 9.17) is 32.7 Å². The molecule has 0 fully saturated rings. The standard InChI is InChI=1S/C19H22Cl2N2O4S/c1-11-7-18(15(21)9-14(11)20)28(24,25)22-16-5-6-17(26-4)13-8-12(23(2)3)10-27-19(13)16/h5-7,9,12,22H,8,10H2,1-4H3/t12-/m1/s1. The number of hydrogen-bond donors (Lipinski definition) is 1. The van der Waals surface area contributed by atoms with E-state index in [1.54, 1.807) is 26.2 Å². The Labute approximate surface area is 175 Å². The quantitative estimate of drug-likeness (QED) is 0.754. The van der Waals surface area contributed by atoms with Crippen LogP contribution in [-0.4, -0.2) is 47.2 Å². The van der Waals surface area contributed by atoms with E-state index in [1.807, 2.05) is 14.1 Å². The molecule has 1 heterocycles. The summed E-state index contributed by atoms with van der Waals surface area (Å²) in [4.78, 5) is 2.03. The monoisotopic (exact) mass is 444 g/mol. The zero-order valence-electron chi connectivity index (χ0n) is 16.0. The number of likely N-dealkylation sites (N-methyl/N-ethyl adjacent to an activating group) is 1. The van der Waals surface area contributed by atoms with E-state index in [-0.39, 0.29) is 16.0 Å². The lowest BCUT2D eigenvalue weighted by Crippen LogP contribution is -2.38. The predicted octanol–water partition coefficient (Wildman–Crippen LogP) is 3.98. The third-order valence-electron chi connectivity index (χ3n) is 4.77. The number of ether oxygens (including phenoxy) is 2. The van der Waals surface area contributed by atoms with Crippen LogP contribution in [0.3, 0.4) is 0 Å². The molecule has 1 aliphatic heterocycles. The predicted molar refractivity (Wildman–Crippen MR) is 112 cm³/mol. The Morgan fingerprint density at radius 3 is 2.57 bits per heavy atom. The van der Waals surface area contributed by atoms with Crippen LogP contribution in [-0.2, 0) is 16.4 Å². The number of nitrogens with one attached hydrogen (secondary N) is 1. The number of aryl methyl sites for hydroxylation is 1. The van der Waals surface area contributed by atoms with Crippen molar-refractivity contribution in [3.8, 4) is 11.5 Å². The molecular weight excluding hydrogens is 423 g/mol. The largest absolute Gasteiger partial charge is 0.496 e. The summed E-state index contributed by atoms with van der Waals surface area (Å²) in [5.41, 5.74) is 1.79. The highest BCUT2D eigenvalue weighted by molar-refractivity contribution is 7.92. The van der Waals surface area contributed by atoms with Gasteiger partial charge in [-0.05, 0) is 57.3 Å². The molecule has 1 atom stereocenters. The molecule has 6 nitrogen and oxygen atoms in total. The van der Waals surface area contributed by atoms with Crippen molar-refractivity contribution in [3.63, 3.8) is 0 Å². The Balaban J connectivity index is 2.02. The third-order valence-corrected chi connectivity index (χ3v) is 7.01. The number of fused-ring (bicyclic) bond motifs is 1. The normalized spacial score (nSPS) is 16.5. The fourth-order valence-corrected chi connectivity index (χ4v) is 4.98. The van der Waals surface area contributed by atoms with Crippen molar-refractivity contribution >= 4 is 38.9 Å². The summed E-state index contributed by atoms with van der Waals surface area (Å²) in [6.45, 7) is 2.17. The topological polar surface area (TPSA) is 67.9 Å². The van der Waals surface area contributed by atoms with Crippen molar-refractivity contribution < 1.29 is 17.9 Å². The number of anilines is 1. The van der Waals surface area contributed by atoms with Crippen molar-refractivity contribution in [1.82, 2.24) is 4.90 Å². The van der Waals surface area contributed by atoms with Crippen LogP contribution in [0.4, 0.5) is 5.69 Å². The molecule has 1 N–H and O–H groups in total. The van der Waals surface area contributed by atoms with Gasteiger partial charge < -0.3 is 14.4 Å². The fraction of sp³-hybridized carbons (Fsp3) is 0.368. The molecule has 152 valence electrons. The molecule has 9 heteroatoms. The minimum Gasteiger partial charge on any atom is -0.496 e. The molecule has 0 saturated carbocycles. The molecular formula is C19H22Cl2N2O4S. The van der Waals surface area contributed by atoms with Crippen molar-refractivity contribution in [1.29, 1.82) is 0 Å². The number of nitrogens with zero attached hydrogens (tertiary/aromatic N) is 1. The lowest BCUT2D eigenvalue weighted by atomic mass is 10.00. The fourth-order valence-electron chi connectivity index (χ4n) is 3.08. The molecule has 0 bridgehead atoms. The van der Waals surface area contributed by atoms with Gasteiger partial charge in [0.05, 0.1) is 17.8 Å². The summed E-state index contributed by atoms with van der Waals surface area (Å²) >= 11 is 12.2. The molecule has 0 aromatic heterocycles. The molecule has 0 radical (unpaired) electrons. The molecule has 2 aromatic carbocycles. The third kappa shape index (κ3) is 4.03. The average Bonchev–Trinajstić information content (AvgIpc) is 2.64. The minimum absolute atomic E-state index is 0.0392. The van der Waals surface area contributed by atoms with Crippen LogP contribution >= 0.6 is 23.2 Å². The number of methoxy groups -OCH3 is 1. The summed E-state index contributed by atoms with van der Waals surface area (Å²) in [7, 11) is 1.59. The Kier molecular flexibility index (Phi) is 6.00. The lowest BCUT2D eigenvalue weighted by Gasteiger charge is -2.32. The first-order valence-corrected chi connectivity index (χ1v) is 10.9. The van der Waals surface area contributed by atoms with E-state index in [9.17, 15) is 8.42 Å². The van der Waals surface area contributed by atoms with Gasteiger partial charge in [0, 0.05) is 16.6 Å². The summed E-state index contributed by atoms with van der Waals surface area (Å²) < 4.78 is 39.9. The maximum Gasteiger partial charge on any atom is 0.263 e. The summed E-state index contributed by atoms with van der Waals surface area (Å²) in [6.07, 6.45) is 0.682. The van der Waals surface area contributed by atoms with Crippen LogP contribution in [0.1, 0.15) is 11.1 Å².